The second kappa shape index (κ2) is 9.67. The zero-order valence-corrected chi connectivity index (χ0v) is 17.8. The lowest BCUT2D eigenvalue weighted by Crippen LogP contribution is -2.45. The maximum Gasteiger partial charge on any atom is 0.274 e. The van der Waals surface area contributed by atoms with Crippen molar-refractivity contribution in [3.8, 4) is 0 Å². The van der Waals surface area contributed by atoms with Crippen molar-refractivity contribution in [1.82, 2.24) is 15.5 Å². The molecular weight excluding hydrogens is 402 g/mol. The van der Waals surface area contributed by atoms with Gasteiger partial charge in [-0.1, -0.05) is 36.9 Å². The molecule has 0 saturated heterocycles. The van der Waals surface area contributed by atoms with Gasteiger partial charge in [0.15, 0.2) is 5.82 Å². The summed E-state index contributed by atoms with van der Waals surface area (Å²) in [6, 6.07) is 4.54. The fourth-order valence-corrected chi connectivity index (χ4v) is 4.01. The number of anilines is 1. The largest absolute Gasteiger partial charge is 0.343 e. The summed E-state index contributed by atoms with van der Waals surface area (Å²) in [7, 11) is 0. The Balaban J connectivity index is 1.65. The summed E-state index contributed by atoms with van der Waals surface area (Å²) in [5.41, 5.74) is 0.109. The van der Waals surface area contributed by atoms with Gasteiger partial charge < -0.3 is 15.2 Å². The predicted molar refractivity (Wildman–Crippen MR) is 112 cm³/mol. The normalized spacial score (nSPS) is 15.7. The van der Waals surface area contributed by atoms with E-state index in [9.17, 15) is 19.7 Å². The summed E-state index contributed by atoms with van der Waals surface area (Å²) in [5.74, 6) is 0.318. The topological polar surface area (TPSA) is 140 Å². The van der Waals surface area contributed by atoms with Crippen LogP contribution >= 0.6 is 0 Å². The number of aryl methyl sites for hydroxylation is 1. The van der Waals surface area contributed by atoms with Crippen LogP contribution in [0.15, 0.2) is 22.7 Å². The van der Waals surface area contributed by atoms with Crippen LogP contribution in [0.2, 0.25) is 0 Å². The second-order valence-electron chi connectivity index (χ2n) is 7.94. The first kappa shape index (κ1) is 22.4. The van der Waals surface area contributed by atoms with Gasteiger partial charge >= 0.3 is 0 Å². The summed E-state index contributed by atoms with van der Waals surface area (Å²) in [4.78, 5) is 39.2. The average molecular weight is 429 g/mol. The van der Waals surface area contributed by atoms with E-state index < -0.39 is 10.5 Å². The Kier molecular flexibility index (Phi) is 6.98. The highest BCUT2D eigenvalue weighted by Crippen LogP contribution is 2.34. The number of amides is 2. The minimum Gasteiger partial charge on any atom is -0.343 e. The van der Waals surface area contributed by atoms with Gasteiger partial charge in [-0.05, 0) is 25.8 Å². The van der Waals surface area contributed by atoms with Gasteiger partial charge in [-0.25, -0.2) is 0 Å². The van der Waals surface area contributed by atoms with Crippen molar-refractivity contribution in [3.63, 3.8) is 0 Å². The van der Waals surface area contributed by atoms with Crippen molar-refractivity contribution < 1.29 is 19.0 Å². The third kappa shape index (κ3) is 5.44. The first-order valence-corrected chi connectivity index (χ1v) is 10.5. The molecule has 0 atom stereocenters. The molecule has 1 aromatic carbocycles. The number of nitro groups is 1. The SMILES string of the molecule is CC(=O)NC1(c2noc(CCC(=O)Nc3cccc([N+](=O)[O-])c3C)n2)CCCCCC1. The Morgan fingerprint density at radius 3 is 2.58 bits per heavy atom. The van der Waals surface area contributed by atoms with Crippen LogP contribution in [0.25, 0.3) is 0 Å². The first-order valence-electron chi connectivity index (χ1n) is 10.5. The van der Waals surface area contributed by atoms with Crippen LogP contribution in [0.5, 0.6) is 0 Å². The molecule has 0 aliphatic heterocycles. The highest BCUT2D eigenvalue weighted by Gasteiger charge is 2.38. The first-order chi connectivity index (χ1) is 14.8. The van der Waals surface area contributed by atoms with Crippen molar-refractivity contribution in [1.29, 1.82) is 0 Å². The van der Waals surface area contributed by atoms with Crippen LogP contribution in [0.1, 0.15) is 69.1 Å². The van der Waals surface area contributed by atoms with Gasteiger partial charge in [0.2, 0.25) is 17.7 Å². The Hall–Kier alpha value is -3.30. The van der Waals surface area contributed by atoms with Crippen molar-refractivity contribution in [2.24, 2.45) is 0 Å². The number of carbonyl (C=O) groups excluding carboxylic acids is 2. The number of benzene rings is 1. The Labute approximate surface area is 179 Å². The molecule has 0 unspecified atom stereocenters. The number of carbonyl (C=O) groups is 2. The lowest BCUT2D eigenvalue weighted by molar-refractivity contribution is -0.385. The predicted octanol–water partition coefficient (Wildman–Crippen LogP) is 3.54. The van der Waals surface area contributed by atoms with Crippen LogP contribution < -0.4 is 10.6 Å². The summed E-state index contributed by atoms with van der Waals surface area (Å²) in [5, 5.41) is 20.9. The highest BCUT2D eigenvalue weighted by molar-refractivity contribution is 5.92. The lowest BCUT2D eigenvalue weighted by atomic mass is 9.89. The van der Waals surface area contributed by atoms with Gasteiger partial charge in [-0.2, -0.15) is 4.98 Å². The summed E-state index contributed by atoms with van der Waals surface area (Å²) in [6.07, 6.45) is 5.94. The molecule has 31 heavy (non-hydrogen) atoms. The Morgan fingerprint density at radius 2 is 1.94 bits per heavy atom. The minimum atomic E-state index is -0.633. The average Bonchev–Trinajstić information content (AvgIpc) is 3.08. The minimum absolute atomic E-state index is 0.0500. The monoisotopic (exact) mass is 429 g/mol. The number of nitrogens with zero attached hydrogens (tertiary/aromatic N) is 3. The van der Waals surface area contributed by atoms with Gasteiger partial charge in [-0.15, -0.1) is 0 Å². The van der Waals surface area contributed by atoms with Gasteiger partial charge in [0, 0.05) is 25.8 Å². The highest BCUT2D eigenvalue weighted by atomic mass is 16.6. The molecule has 2 aromatic rings. The maximum atomic E-state index is 12.4. The van der Waals surface area contributed by atoms with Crippen LogP contribution in [0.4, 0.5) is 11.4 Å². The van der Waals surface area contributed by atoms with Crippen molar-refractivity contribution >= 4 is 23.2 Å². The Bertz CT molecular complexity index is 963. The number of aromatic nitrogens is 2. The van der Waals surface area contributed by atoms with Crippen LogP contribution in [0.3, 0.4) is 0 Å². The summed E-state index contributed by atoms with van der Waals surface area (Å²) >= 11 is 0. The van der Waals surface area contributed by atoms with Gasteiger partial charge in [-0.3, -0.25) is 19.7 Å². The van der Waals surface area contributed by atoms with Crippen molar-refractivity contribution in [2.45, 2.75) is 70.8 Å². The van der Waals surface area contributed by atoms with Crippen LogP contribution in [0, 0.1) is 17.0 Å². The number of hydrogen-bond acceptors (Lipinski definition) is 7. The summed E-state index contributed by atoms with van der Waals surface area (Å²) < 4.78 is 5.36. The molecule has 1 aromatic heterocycles. The lowest BCUT2D eigenvalue weighted by Gasteiger charge is -2.30. The van der Waals surface area contributed by atoms with E-state index in [-0.39, 0.29) is 30.3 Å². The molecule has 3 rings (SSSR count). The third-order valence-corrected chi connectivity index (χ3v) is 5.61. The fourth-order valence-electron chi connectivity index (χ4n) is 4.01. The van der Waals surface area contributed by atoms with Crippen molar-refractivity contribution in [2.75, 3.05) is 5.32 Å². The molecule has 0 spiro atoms. The molecule has 0 bridgehead atoms. The number of nitrogens with one attached hydrogen (secondary N) is 2. The van der Waals surface area contributed by atoms with E-state index in [0.717, 1.165) is 38.5 Å². The van der Waals surface area contributed by atoms with Crippen LogP contribution in [-0.2, 0) is 21.5 Å². The molecule has 10 heteroatoms. The smallest absolute Gasteiger partial charge is 0.274 e. The molecule has 0 radical (unpaired) electrons. The Morgan fingerprint density at radius 1 is 1.23 bits per heavy atom. The molecule has 10 nitrogen and oxygen atoms in total. The molecule has 1 aliphatic carbocycles. The molecule has 1 saturated carbocycles. The van der Waals surface area contributed by atoms with E-state index in [1.54, 1.807) is 13.0 Å². The molecule has 1 aliphatic rings. The van der Waals surface area contributed by atoms with Crippen LogP contribution in [-0.4, -0.2) is 26.9 Å². The van der Waals surface area contributed by atoms with E-state index in [0.29, 0.717) is 23.0 Å². The van der Waals surface area contributed by atoms with E-state index in [4.69, 9.17) is 4.52 Å². The molecular formula is C21H27N5O5. The van der Waals surface area contributed by atoms with Crippen molar-refractivity contribution in [3.05, 3.63) is 45.6 Å². The summed E-state index contributed by atoms with van der Waals surface area (Å²) in [6.45, 7) is 3.07. The van der Waals surface area contributed by atoms with Gasteiger partial charge in [0.25, 0.3) is 5.69 Å². The fraction of sp³-hybridized carbons (Fsp3) is 0.524. The number of hydrogen-bond donors (Lipinski definition) is 2. The molecule has 1 fully saturated rings. The van der Waals surface area contributed by atoms with Gasteiger partial charge in [0.05, 0.1) is 16.2 Å². The van der Waals surface area contributed by atoms with Gasteiger partial charge in [0.1, 0.15) is 5.54 Å². The number of nitro benzene ring substituents is 1. The third-order valence-electron chi connectivity index (χ3n) is 5.61. The second-order valence-corrected chi connectivity index (χ2v) is 7.94. The van der Waals surface area contributed by atoms with E-state index in [2.05, 4.69) is 20.8 Å². The van der Waals surface area contributed by atoms with E-state index >= 15 is 0 Å². The van der Waals surface area contributed by atoms with E-state index in [1.807, 2.05) is 0 Å². The molecule has 2 amide bonds. The zero-order valence-electron chi connectivity index (χ0n) is 17.8. The number of rotatable bonds is 7. The zero-order chi connectivity index (χ0) is 22.4. The standard InChI is InChI=1S/C21H27N5O5/c1-14-16(8-7-9-17(14)26(29)30)22-18(28)10-11-19-23-20(25-31-19)21(24-15(2)27)12-5-3-4-6-13-21/h7-9H,3-6,10-13H2,1-2H3,(H,22,28)(H,24,27). The molecule has 2 N–H and O–H groups in total. The maximum absolute atomic E-state index is 12.4. The molecule has 1 heterocycles. The quantitative estimate of drug-likeness (QED) is 0.389. The molecule has 166 valence electrons. The van der Waals surface area contributed by atoms with E-state index in [1.165, 1.54) is 19.1 Å².